The number of nitrogens with zero attached hydrogens (tertiary/aromatic N) is 1. The number of aliphatic hydroxyl groups excluding tert-OH is 1. The predicted molar refractivity (Wildman–Crippen MR) is 90.0 cm³/mol. The van der Waals surface area contributed by atoms with Crippen molar-refractivity contribution in [3.8, 4) is 0 Å². The molecule has 23 heavy (non-hydrogen) atoms. The van der Waals surface area contributed by atoms with Gasteiger partial charge in [0, 0.05) is 25.7 Å². The van der Waals surface area contributed by atoms with Gasteiger partial charge in [-0.1, -0.05) is 24.3 Å². The molecule has 0 aromatic heterocycles. The Balaban J connectivity index is 1.75. The summed E-state index contributed by atoms with van der Waals surface area (Å²) in [7, 11) is 0. The largest absolute Gasteiger partial charge is 0.444 e. The second-order valence-electron chi connectivity index (χ2n) is 7.10. The molecule has 1 aliphatic heterocycles. The van der Waals surface area contributed by atoms with Crippen molar-refractivity contribution in [3.05, 3.63) is 35.4 Å². The van der Waals surface area contributed by atoms with Gasteiger partial charge < -0.3 is 20.1 Å². The first-order valence-electron chi connectivity index (χ1n) is 8.27. The number of hydrogen-bond acceptors (Lipinski definition) is 4. The van der Waals surface area contributed by atoms with Gasteiger partial charge in [0.15, 0.2) is 0 Å². The summed E-state index contributed by atoms with van der Waals surface area (Å²) in [6, 6.07) is 8.37. The zero-order chi connectivity index (χ0) is 16.9. The summed E-state index contributed by atoms with van der Waals surface area (Å²) in [5.74, 6) is 0. The summed E-state index contributed by atoms with van der Waals surface area (Å²) in [6.07, 6.45) is 1.64. The first kappa shape index (κ1) is 17.8. The molecule has 0 spiro atoms. The minimum absolute atomic E-state index is 0.0715. The van der Waals surface area contributed by atoms with Gasteiger partial charge in [-0.25, -0.2) is 4.79 Å². The van der Waals surface area contributed by atoms with Crippen molar-refractivity contribution in [2.45, 2.75) is 58.4 Å². The SMILES string of the molecule is CC(C)(C)OC(=O)N1CCC(NCc2cccc(CO)c2)CC1. The lowest BCUT2D eigenvalue weighted by Gasteiger charge is -2.33. The van der Waals surface area contributed by atoms with Gasteiger partial charge in [0.25, 0.3) is 0 Å². The van der Waals surface area contributed by atoms with Gasteiger partial charge in [0.1, 0.15) is 5.60 Å². The van der Waals surface area contributed by atoms with Gasteiger partial charge >= 0.3 is 6.09 Å². The Kier molecular flexibility index (Phi) is 6.02. The third kappa shape index (κ3) is 5.84. The molecule has 2 rings (SSSR count). The van der Waals surface area contributed by atoms with Crippen LogP contribution in [0.15, 0.2) is 24.3 Å². The molecule has 1 fully saturated rings. The molecule has 1 saturated heterocycles. The highest BCUT2D eigenvalue weighted by atomic mass is 16.6. The van der Waals surface area contributed by atoms with Crippen molar-refractivity contribution in [1.82, 2.24) is 10.2 Å². The van der Waals surface area contributed by atoms with E-state index in [4.69, 9.17) is 4.74 Å². The summed E-state index contributed by atoms with van der Waals surface area (Å²) in [5, 5.41) is 12.7. The normalized spacial score (nSPS) is 16.4. The molecule has 1 aliphatic rings. The van der Waals surface area contributed by atoms with Crippen LogP contribution in [0, 0.1) is 0 Å². The van der Waals surface area contributed by atoms with Crippen LogP contribution in [0.5, 0.6) is 0 Å². The quantitative estimate of drug-likeness (QED) is 0.895. The maximum absolute atomic E-state index is 12.0. The molecule has 1 aromatic rings. The maximum Gasteiger partial charge on any atom is 0.410 e. The molecule has 1 heterocycles. The van der Waals surface area contributed by atoms with E-state index in [0.717, 1.165) is 38.0 Å². The predicted octanol–water partition coefficient (Wildman–Crippen LogP) is 2.67. The fourth-order valence-electron chi connectivity index (χ4n) is 2.69. The van der Waals surface area contributed by atoms with Gasteiger partial charge in [-0.05, 0) is 44.7 Å². The highest BCUT2D eigenvalue weighted by Crippen LogP contribution is 2.16. The van der Waals surface area contributed by atoms with Gasteiger partial charge in [-0.2, -0.15) is 0 Å². The number of aliphatic hydroxyl groups is 1. The topological polar surface area (TPSA) is 61.8 Å². The number of nitrogens with one attached hydrogen (secondary N) is 1. The van der Waals surface area contributed by atoms with Crippen molar-refractivity contribution in [2.75, 3.05) is 13.1 Å². The van der Waals surface area contributed by atoms with Crippen molar-refractivity contribution in [1.29, 1.82) is 0 Å². The second-order valence-corrected chi connectivity index (χ2v) is 7.10. The Morgan fingerprint density at radius 2 is 1.96 bits per heavy atom. The number of ether oxygens (including phenoxy) is 1. The number of benzene rings is 1. The third-order valence-corrected chi connectivity index (χ3v) is 3.92. The number of carbonyl (C=O) groups excluding carboxylic acids is 1. The smallest absolute Gasteiger partial charge is 0.410 e. The maximum atomic E-state index is 12.0. The summed E-state index contributed by atoms with van der Waals surface area (Å²) >= 11 is 0. The number of amides is 1. The molecule has 1 amide bonds. The van der Waals surface area contributed by atoms with Crippen molar-refractivity contribution >= 4 is 6.09 Å². The molecule has 128 valence electrons. The summed E-state index contributed by atoms with van der Waals surface area (Å²) < 4.78 is 5.41. The number of likely N-dealkylation sites (tertiary alicyclic amines) is 1. The van der Waals surface area contributed by atoms with E-state index in [-0.39, 0.29) is 12.7 Å². The van der Waals surface area contributed by atoms with Crippen LogP contribution < -0.4 is 5.32 Å². The molecule has 0 unspecified atom stereocenters. The zero-order valence-electron chi connectivity index (χ0n) is 14.3. The van der Waals surface area contributed by atoms with E-state index in [1.54, 1.807) is 4.90 Å². The van der Waals surface area contributed by atoms with Crippen LogP contribution in [-0.2, 0) is 17.9 Å². The standard InChI is InChI=1S/C18H28N2O3/c1-18(2,3)23-17(22)20-9-7-16(8-10-20)19-12-14-5-4-6-15(11-14)13-21/h4-6,11,16,19,21H,7-10,12-13H2,1-3H3. The molecule has 2 N–H and O–H groups in total. The Morgan fingerprint density at radius 1 is 1.30 bits per heavy atom. The van der Waals surface area contributed by atoms with E-state index >= 15 is 0 Å². The first-order valence-corrected chi connectivity index (χ1v) is 8.27. The lowest BCUT2D eigenvalue weighted by molar-refractivity contribution is 0.0198. The van der Waals surface area contributed by atoms with E-state index in [0.29, 0.717) is 6.04 Å². The van der Waals surface area contributed by atoms with Crippen molar-refractivity contribution < 1.29 is 14.6 Å². The monoisotopic (exact) mass is 320 g/mol. The van der Waals surface area contributed by atoms with E-state index in [1.165, 1.54) is 5.56 Å². The molecule has 5 nitrogen and oxygen atoms in total. The van der Waals surface area contributed by atoms with E-state index in [9.17, 15) is 9.90 Å². The lowest BCUT2D eigenvalue weighted by atomic mass is 10.0. The van der Waals surface area contributed by atoms with Crippen molar-refractivity contribution in [3.63, 3.8) is 0 Å². The molecule has 0 atom stereocenters. The molecule has 0 bridgehead atoms. The highest BCUT2D eigenvalue weighted by Gasteiger charge is 2.26. The highest BCUT2D eigenvalue weighted by molar-refractivity contribution is 5.68. The third-order valence-electron chi connectivity index (χ3n) is 3.92. The van der Waals surface area contributed by atoms with Gasteiger partial charge in [-0.3, -0.25) is 0 Å². The molecule has 5 heteroatoms. The number of piperidine rings is 1. The Labute approximate surface area is 138 Å². The van der Waals surface area contributed by atoms with Gasteiger partial charge in [0.05, 0.1) is 6.61 Å². The van der Waals surface area contributed by atoms with Gasteiger partial charge in [-0.15, -0.1) is 0 Å². The van der Waals surface area contributed by atoms with Crippen LogP contribution in [-0.4, -0.2) is 40.8 Å². The fraction of sp³-hybridized carbons (Fsp3) is 0.611. The lowest BCUT2D eigenvalue weighted by Crippen LogP contribution is -2.46. The first-order chi connectivity index (χ1) is 10.9. The van der Waals surface area contributed by atoms with Crippen LogP contribution >= 0.6 is 0 Å². The minimum atomic E-state index is -0.441. The number of rotatable bonds is 4. The van der Waals surface area contributed by atoms with Crippen LogP contribution in [0.3, 0.4) is 0 Å². The second kappa shape index (κ2) is 7.79. The average Bonchev–Trinajstić information content (AvgIpc) is 2.52. The summed E-state index contributed by atoms with van der Waals surface area (Å²) in [4.78, 5) is 13.8. The molecular weight excluding hydrogens is 292 g/mol. The Hall–Kier alpha value is -1.59. The zero-order valence-corrected chi connectivity index (χ0v) is 14.3. The molecule has 1 aromatic carbocycles. The van der Waals surface area contributed by atoms with E-state index < -0.39 is 5.60 Å². The fourth-order valence-corrected chi connectivity index (χ4v) is 2.69. The number of hydrogen-bond donors (Lipinski definition) is 2. The van der Waals surface area contributed by atoms with E-state index in [2.05, 4.69) is 11.4 Å². The summed E-state index contributed by atoms with van der Waals surface area (Å²) in [6.45, 7) is 7.97. The van der Waals surface area contributed by atoms with Crippen LogP contribution in [0.1, 0.15) is 44.7 Å². The van der Waals surface area contributed by atoms with Crippen LogP contribution in [0.2, 0.25) is 0 Å². The van der Waals surface area contributed by atoms with Crippen LogP contribution in [0.25, 0.3) is 0 Å². The molecular formula is C18H28N2O3. The van der Waals surface area contributed by atoms with Gasteiger partial charge in [0.2, 0.25) is 0 Å². The molecule has 0 saturated carbocycles. The minimum Gasteiger partial charge on any atom is -0.444 e. The summed E-state index contributed by atoms with van der Waals surface area (Å²) in [5.41, 5.74) is 1.67. The van der Waals surface area contributed by atoms with Crippen LogP contribution in [0.4, 0.5) is 4.79 Å². The average molecular weight is 320 g/mol. The molecule has 0 radical (unpaired) electrons. The Morgan fingerprint density at radius 3 is 2.57 bits per heavy atom. The number of carbonyl (C=O) groups is 1. The molecule has 0 aliphatic carbocycles. The van der Waals surface area contributed by atoms with Crippen molar-refractivity contribution in [2.24, 2.45) is 0 Å². The Bertz CT molecular complexity index is 517. The van der Waals surface area contributed by atoms with E-state index in [1.807, 2.05) is 39.0 Å².